The second-order valence-corrected chi connectivity index (χ2v) is 4.63. The highest BCUT2D eigenvalue weighted by Gasteiger charge is 2.04. The number of nitrogens with zero attached hydrogens (tertiary/aromatic N) is 2. The quantitative estimate of drug-likeness (QED) is 0.482. The molecule has 0 atom stereocenters. The van der Waals surface area contributed by atoms with Crippen LogP contribution in [0, 0.1) is 10.1 Å². The second kappa shape index (κ2) is 7.79. The molecule has 0 spiro atoms. The number of nitro benzene ring substituents is 1. The third-order valence-corrected chi connectivity index (χ3v) is 3.14. The van der Waals surface area contributed by atoms with E-state index in [9.17, 15) is 10.1 Å². The van der Waals surface area contributed by atoms with E-state index in [2.05, 4.69) is 10.5 Å². The molecule has 1 N–H and O–H groups in total. The van der Waals surface area contributed by atoms with Crippen LogP contribution in [0.1, 0.15) is 11.1 Å². The first kappa shape index (κ1) is 16.3. The molecule has 0 heterocycles. The molecule has 7 heteroatoms. The molecule has 0 saturated carbocycles. The summed E-state index contributed by atoms with van der Waals surface area (Å²) in [5.74, 6) is 1.33. The summed E-state index contributed by atoms with van der Waals surface area (Å²) in [7, 11) is 3.17. The maximum atomic E-state index is 10.6. The Kier molecular flexibility index (Phi) is 5.51. The minimum absolute atomic E-state index is 0.0560. The number of hydrazone groups is 1. The van der Waals surface area contributed by atoms with Crippen molar-refractivity contribution in [1.29, 1.82) is 0 Å². The lowest BCUT2D eigenvalue weighted by Crippen LogP contribution is -2.06. The molecule has 0 amide bonds. The first-order valence-electron chi connectivity index (χ1n) is 6.85. The van der Waals surface area contributed by atoms with E-state index >= 15 is 0 Å². The van der Waals surface area contributed by atoms with Crippen molar-refractivity contribution in [3.05, 3.63) is 63.7 Å². The molecule has 23 heavy (non-hydrogen) atoms. The molecule has 0 bridgehead atoms. The fraction of sp³-hybridized carbons (Fsp3) is 0.188. The molecule has 0 aromatic heterocycles. The second-order valence-electron chi connectivity index (χ2n) is 4.63. The van der Waals surface area contributed by atoms with Gasteiger partial charge in [0, 0.05) is 12.1 Å². The molecule has 0 fully saturated rings. The normalized spacial score (nSPS) is 10.5. The summed E-state index contributed by atoms with van der Waals surface area (Å²) in [6, 6.07) is 11.8. The van der Waals surface area contributed by atoms with Gasteiger partial charge < -0.3 is 14.9 Å². The van der Waals surface area contributed by atoms with Crippen molar-refractivity contribution in [3.8, 4) is 11.5 Å². The van der Waals surface area contributed by atoms with E-state index in [0.29, 0.717) is 18.0 Å². The monoisotopic (exact) mass is 315 g/mol. The summed E-state index contributed by atoms with van der Waals surface area (Å²) < 4.78 is 10.4. The molecule has 2 aromatic carbocycles. The van der Waals surface area contributed by atoms with Crippen molar-refractivity contribution in [2.24, 2.45) is 5.10 Å². The van der Waals surface area contributed by atoms with E-state index in [4.69, 9.17) is 9.47 Å². The van der Waals surface area contributed by atoms with Gasteiger partial charge in [-0.2, -0.15) is 5.10 Å². The zero-order valence-electron chi connectivity index (χ0n) is 12.9. The third-order valence-electron chi connectivity index (χ3n) is 3.14. The first-order chi connectivity index (χ1) is 11.1. The van der Waals surface area contributed by atoms with Crippen LogP contribution < -0.4 is 14.9 Å². The van der Waals surface area contributed by atoms with Crippen LogP contribution in [0.15, 0.2) is 47.6 Å². The molecule has 0 aliphatic carbocycles. The van der Waals surface area contributed by atoms with Gasteiger partial charge in [0.2, 0.25) is 0 Å². The Labute approximate surface area is 133 Å². The smallest absolute Gasteiger partial charge is 0.269 e. The highest BCUT2D eigenvalue weighted by atomic mass is 16.6. The Morgan fingerprint density at radius 1 is 1.13 bits per heavy atom. The van der Waals surface area contributed by atoms with Gasteiger partial charge in [0.1, 0.15) is 0 Å². The van der Waals surface area contributed by atoms with Crippen molar-refractivity contribution in [3.63, 3.8) is 0 Å². The van der Waals surface area contributed by atoms with Gasteiger partial charge in [0.15, 0.2) is 11.5 Å². The fourth-order valence-corrected chi connectivity index (χ4v) is 1.93. The van der Waals surface area contributed by atoms with Crippen LogP contribution in [0.2, 0.25) is 0 Å². The molecule has 0 aliphatic rings. The van der Waals surface area contributed by atoms with E-state index in [-0.39, 0.29) is 5.69 Å². The van der Waals surface area contributed by atoms with Crippen LogP contribution in [-0.2, 0) is 6.54 Å². The molecule has 0 radical (unpaired) electrons. The van der Waals surface area contributed by atoms with Gasteiger partial charge in [-0.1, -0.05) is 6.07 Å². The maximum Gasteiger partial charge on any atom is 0.269 e. The number of hydrogen-bond donors (Lipinski definition) is 1. The van der Waals surface area contributed by atoms with E-state index < -0.39 is 4.92 Å². The first-order valence-corrected chi connectivity index (χ1v) is 6.85. The molecule has 2 aromatic rings. The van der Waals surface area contributed by atoms with E-state index in [1.54, 1.807) is 32.6 Å². The lowest BCUT2D eigenvalue weighted by molar-refractivity contribution is -0.384. The van der Waals surface area contributed by atoms with Crippen LogP contribution in [0.3, 0.4) is 0 Å². The Morgan fingerprint density at radius 3 is 2.43 bits per heavy atom. The third kappa shape index (κ3) is 4.44. The van der Waals surface area contributed by atoms with Gasteiger partial charge in [-0.25, -0.2) is 0 Å². The largest absolute Gasteiger partial charge is 0.493 e. The summed E-state index contributed by atoms with van der Waals surface area (Å²) in [4.78, 5) is 10.1. The Hall–Kier alpha value is -3.09. The topological polar surface area (TPSA) is 86.0 Å². The molecule has 0 unspecified atom stereocenters. The molecule has 0 saturated heterocycles. The van der Waals surface area contributed by atoms with Gasteiger partial charge in [-0.15, -0.1) is 0 Å². The maximum absolute atomic E-state index is 10.6. The highest BCUT2D eigenvalue weighted by molar-refractivity contribution is 5.79. The number of benzene rings is 2. The van der Waals surface area contributed by atoms with Gasteiger partial charge in [0.25, 0.3) is 5.69 Å². The fourth-order valence-electron chi connectivity index (χ4n) is 1.93. The Bertz CT molecular complexity index is 699. The summed E-state index contributed by atoms with van der Waals surface area (Å²) in [5, 5.41) is 14.7. The molecule has 120 valence electrons. The van der Waals surface area contributed by atoms with Gasteiger partial charge in [-0.05, 0) is 35.4 Å². The van der Waals surface area contributed by atoms with Crippen molar-refractivity contribution in [1.82, 2.24) is 5.43 Å². The number of methoxy groups -OCH3 is 2. The number of non-ortho nitro benzene ring substituents is 1. The predicted molar refractivity (Wildman–Crippen MR) is 87.1 cm³/mol. The lowest BCUT2D eigenvalue weighted by atomic mass is 10.2. The zero-order valence-corrected chi connectivity index (χ0v) is 12.9. The van der Waals surface area contributed by atoms with Crippen LogP contribution in [-0.4, -0.2) is 25.4 Å². The number of rotatable bonds is 7. The predicted octanol–water partition coefficient (Wildman–Crippen LogP) is 2.74. The molecule has 2 rings (SSSR count). The van der Waals surface area contributed by atoms with Crippen molar-refractivity contribution in [2.75, 3.05) is 14.2 Å². The summed E-state index contributed by atoms with van der Waals surface area (Å²) >= 11 is 0. The lowest BCUT2D eigenvalue weighted by Gasteiger charge is -2.09. The Morgan fingerprint density at radius 2 is 1.83 bits per heavy atom. The van der Waals surface area contributed by atoms with Gasteiger partial charge >= 0.3 is 0 Å². The number of ether oxygens (including phenoxy) is 2. The van der Waals surface area contributed by atoms with Crippen molar-refractivity contribution < 1.29 is 14.4 Å². The minimum Gasteiger partial charge on any atom is -0.493 e. The number of nitro groups is 1. The average Bonchev–Trinajstić information content (AvgIpc) is 2.58. The number of nitrogens with one attached hydrogen (secondary N) is 1. The summed E-state index contributed by atoms with van der Waals surface area (Å²) in [6.45, 7) is 0.518. The zero-order chi connectivity index (χ0) is 16.7. The SMILES string of the molecule is COc1ccc(CN/N=C/c2ccc([N+](=O)[O-])cc2)cc1OC. The van der Waals surface area contributed by atoms with E-state index in [0.717, 1.165) is 11.1 Å². The van der Waals surface area contributed by atoms with Gasteiger partial charge in [-0.3, -0.25) is 10.1 Å². The molecular formula is C16H17N3O4. The van der Waals surface area contributed by atoms with Crippen LogP contribution in [0.4, 0.5) is 5.69 Å². The molecule has 7 nitrogen and oxygen atoms in total. The van der Waals surface area contributed by atoms with Gasteiger partial charge in [0.05, 0.1) is 31.9 Å². The van der Waals surface area contributed by atoms with Crippen LogP contribution in [0.25, 0.3) is 0 Å². The number of hydrogen-bond acceptors (Lipinski definition) is 6. The minimum atomic E-state index is -0.434. The Balaban J connectivity index is 1.92. The standard InChI is InChI=1S/C16H17N3O4/c1-22-15-8-5-13(9-16(15)23-2)11-18-17-10-12-3-6-14(7-4-12)19(20)21/h3-10,18H,11H2,1-2H3/b17-10+. The van der Waals surface area contributed by atoms with Crippen molar-refractivity contribution in [2.45, 2.75) is 6.54 Å². The molecule has 0 aliphatic heterocycles. The van der Waals surface area contributed by atoms with Crippen LogP contribution >= 0.6 is 0 Å². The van der Waals surface area contributed by atoms with Crippen molar-refractivity contribution >= 4 is 11.9 Å². The summed E-state index contributed by atoms with van der Waals surface area (Å²) in [5.41, 5.74) is 4.73. The van der Waals surface area contributed by atoms with E-state index in [1.165, 1.54) is 12.1 Å². The van der Waals surface area contributed by atoms with Crippen LogP contribution in [0.5, 0.6) is 11.5 Å². The average molecular weight is 315 g/mol. The van der Waals surface area contributed by atoms with E-state index in [1.807, 2.05) is 18.2 Å². The molecular weight excluding hydrogens is 298 g/mol. The summed E-state index contributed by atoms with van der Waals surface area (Å²) in [6.07, 6.45) is 1.60. The highest BCUT2D eigenvalue weighted by Crippen LogP contribution is 2.27.